The molecular weight excluding hydrogens is 220 g/mol. The molecule has 0 rings (SSSR count). The maximum atomic E-state index is 5.54. The normalized spacial score (nSPS) is 11.9. The van der Waals surface area contributed by atoms with E-state index in [2.05, 4.69) is 31.4 Å². The summed E-state index contributed by atoms with van der Waals surface area (Å²) in [6, 6.07) is 0. The average Bonchev–Trinajstić information content (AvgIpc) is 2.34. The molecule has 0 bridgehead atoms. The van der Waals surface area contributed by atoms with E-state index in [9.17, 15) is 0 Å². The van der Waals surface area contributed by atoms with Gasteiger partial charge in [-0.1, -0.05) is 37.0 Å². The van der Waals surface area contributed by atoms with Crippen LogP contribution in [0.4, 0.5) is 0 Å². The maximum absolute atomic E-state index is 5.54. The second kappa shape index (κ2) is 9.72. The van der Waals surface area contributed by atoms with Gasteiger partial charge in [-0.15, -0.1) is 0 Å². The van der Waals surface area contributed by atoms with Crippen LogP contribution in [0.15, 0.2) is 48.4 Å². The summed E-state index contributed by atoms with van der Waals surface area (Å²) in [7, 11) is 2.01. The first-order valence-electron chi connectivity index (χ1n) is 6.61. The van der Waals surface area contributed by atoms with Gasteiger partial charge in [0.05, 0.1) is 0 Å². The first-order valence-corrected chi connectivity index (χ1v) is 6.61. The van der Waals surface area contributed by atoms with Crippen molar-refractivity contribution in [3.63, 3.8) is 0 Å². The minimum Gasteiger partial charge on any atom is -0.353 e. The standard InChI is InChI=1S/C16H28N2/c1-6-9-16(12-8-13-17)11-7-10-15(4)18(5)14(2)3/h6,9,11H,2,4,7-8,10,12-13,17H2,1,3,5H3/b9-6-,16-11+. The molecule has 0 aromatic heterocycles. The zero-order chi connectivity index (χ0) is 14.0. The van der Waals surface area contributed by atoms with Crippen LogP contribution in [0.5, 0.6) is 0 Å². The van der Waals surface area contributed by atoms with Gasteiger partial charge < -0.3 is 10.6 Å². The molecule has 0 aromatic carbocycles. The number of hydrogen-bond donors (Lipinski definition) is 1. The highest BCUT2D eigenvalue weighted by atomic mass is 15.1. The molecule has 0 aliphatic rings. The number of rotatable bonds is 9. The molecule has 2 nitrogen and oxygen atoms in total. The Bertz CT molecular complexity index is 324. The fourth-order valence-corrected chi connectivity index (χ4v) is 1.64. The molecule has 0 aliphatic carbocycles. The van der Waals surface area contributed by atoms with Gasteiger partial charge in [-0.2, -0.15) is 0 Å². The molecule has 0 aliphatic heterocycles. The first kappa shape index (κ1) is 16.7. The SMILES string of the molecule is C=C(C)N(C)C(=C)CC/C=C(\C=C/C)CCCN. The smallest absolute Gasteiger partial charge is 0.0111 e. The monoisotopic (exact) mass is 248 g/mol. The Hall–Kier alpha value is -1.28. The van der Waals surface area contributed by atoms with Gasteiger partial charge in [-0.05, 0) is 46.1 Å². The zero-order valence-electron chi connectivity index (χ0n) is 12.2. The summed E-state index contributed by atoms with van der Waals surface area (Å²) in [5.74, 6) is 0. The molecule has 0 aromatic rings. The van der Waals surface area contributed by atoms with Crippen LogP contribution in [0.3, 0.4) is 0 Å². The number of nitrogens with zero attached hydrogens (tertiary/aromatic N) is 1. The van der Waals surface area contributed by atoms with E-state index < -0.39 is 0 Å². The third-order valence-corrected chi connectivity index (χ3v) is 2.94. The van der Waals surface area contributed by atoms with Crippen LogP contribution >= 0.6 is 0 Å². The molecule has 2 N–H and O–H groups in total. The number of nitrogens with two attached hydrogens (primary N) is 1. The van der Waals surface area contributed by atoms with Crippen molar-refractivity contribution in [2.24, 2.45) is 5.73 Å². The van der Waals surface area contributed by atoms with E-state index in [1.165, 1.54) is 5.57 Å². The van der Waals surface area contributed by atoms with Crippen LogP contribution in [0.2, 0.25) is 0 Å². The van der Waals surface area contributed by atoms with Crippen LogP contribution in [0.1, 0.15) is 39.5 Å². The molecule has 0 fully saturated rings. The molecule has 0 heterocycles. The van der Waals surface area contributed by atoms with E-state index in [1.807, 2.05) is 25.8 Å². The largest absolute Gasteiger partial charge is 0.353 e. The van der Waals surface area contributed by atoms with E-state index in [1.54, 1.807) is 0 Å². The lowest BCUT2D eigenvalue weighted by Crippen LogP contribution is -2.13. The van der Waals surface area contributed by atoms with Crippen molar-refractivity contribution in [3.8, 4) is 0 Å². The van der Waals surface area contributed by atoms with E-state index in [4.69, 9.17) is 5.73 Å². The predicted octanol–water partition coefficient (Wildman–Crippen LogP) is 3.99. The highest BCUT2D eigenvalue weighted by molar-refractivity contribution is 5.18. The summed E-state index contributed by atoms with van der Waals surface area (Å²) < 4.78 is 0. The van der Waals surface area contributed by atoms with Crippen LogP contribution < -0.4 is 5.73 Å². The van der Waals surface area contributed by atoms with E-state index in [0.29, 0.717) is 0 Å². The van der Waals surface area contributed by atoms with Gasteiger partial charge >= 0.3 is 0 Å². The van der Waals surface area contributed by atoms with Crippen LogP contribution in [-0.2, 0) is 0 Å². The first-order chi connectivity index (χ1) is 8.52. The van der Waals surface area contributed by atoms with Crippen molar-refractivity contribution in [2.45, 2.75) is 39.5 Å². The van der Waals surface area contributed by atoms with Gasteiger partial charge in [0.1, 0.15) is 0 Å². The molecular formula is C16H28N2. The van der Waals surface area contributed by atoms with Gasteiger partial charge in [0.2, 0.25) is 0 Å². The Labute approximate surface area is 113 Å². The topological polar surface area (TPSA) is 29.3 Å². The summed E-state index contributed by atoms with van der Waals surface area (Å²) in [6.07, 6.45) is 10.6. The lowest BCUT2D eigenvalue weighted by Gasteiger charge is -2.21. The van der Waals surface area contributed by atoms with Crippen molar-refractivity contribution in [1.82, 2.24) is 4.90 Å². The quantitative estimate of drug-likeness (QED) is 0.625. The zero-order valence-corrected chi connectivity index (χ0v) is 12.2. The van der Waals surface area contributed by atoms with Gasteiger partial charge in [0, 0.05) is 18.4 Å². The molecule has 0 amide bonds. The van der Waals surface area contributed by atoms with Crippen molar-refractivity contribution >= 4 is 0 Å². The van der Waals surface area contributed by atoms with E-state index in [-0.39, 0.29) is 0 Å². The summed E-state index contributed by atoms with van der Waals surface area (Å²) in [6.45, 7) is 12.8. The second-order valence-electron chi connectivity index (χ2n) is 4.57. The summed E-state index contributed by atoms with van der Waals surface area (Å²) in [5, 5.41) is 0. The highest BCUT2D eigenvalue weighted by Gasteiger charge is 2.01. The van der Waals surface area contributed by atoms with Gasteiger partial charge in [0.25, 0.3) is 0 Å². The van der Waals surface area contributed by atoms with Crippen molar-refractivity contribution in [1.29, 1.82) is 0 Å². The summed E-state index contributed by atoms with van der Waals surface area (Å²) in [5.41, 5.74) is 9.05. The van der Waals surface area contributed by atoms with Crippen molar-refractivity contribution in [2.75, 3.05) is 13.6 Å². The molecule has 0 atom stereocenters. The Kier molecular flexibility index (Phi) is 9.03. The minimum absolute atomic E-state index is 0.750. The third-order valence-electron chi connectivity index (χ3n) is 2.94. The molecule has 0 spiro atoms. The second-order valence-corrected chi connectivity index (χ2v) is 4.57. The van der Waals surface area contributed by atoms with Crippen molar-refractivity contribution < 1.29 is 0 Å². The lowest BCUT2D eigenvalue weighted by molar-refractivity contribution is 0.501. The van der Waals surface area contributed by atoms with Gasteiger partial charge in [-0.25, -0.2) is 0 Å². The fraction of sp³-hybridized carbons (Fsp3) is 0.500. The third kappa shape index (κ3) is 7.13. The Morgan fingerprint density at radius 2 is 1.94 bits per heavy atom. The molecule has 2 heteroatoms. The van der Waals surface area contributed by atoms with E-state index in [0.717, 1.165) is 43.6 Å². The van der Waals surface area contributed by atoms with Gasteiger partial charge in [-0.3, -0.25) is 0 Å². The molecule has 0 saturated carbocycles. The number of allylic oxidation sites excluding steroid dienone is 6. The lowest BCUT2D eigenvalue weighted by atomic mass is 10.1. The Morgan fingerprint density at radius 1 is 1.28 bits per heavy atom. The summed E-state index contributed by atoms with van der Waals surface area (Å²) >= 11 is 0. The van der Waals surface area contributed by atoms with E-state index >= 15 is 0 Å². The average molecular weight is 248 g/mol. The molecule has 0 saturated heterocycles. The van der Waals surface area contributed by atoms with Gasteiger partial charge in [0.15, 0.2) is 0 Å². The predicted molar refractivity (Wildman–Crippen MR) is 82.1 cm³/mol. The molecule has 0 radical (unpaired) electrons. The van der Waals surface area contributed by atoms with Crippen LogP contribution in [0.25, 0.3) is 0 Å². The maximum Gasteiger partial charge on any atom is 0.0111 e. The highest BCUT2D eigenvalue weighted by Crippen LogP contribution is 2.15. The molecule has 0 unspecified atom stereocenters. The minimum atomic E-state index is 0.750. The molecule has 102 valence electrons. The Balaban J connectivity index is 4.24. The summed E-state index contributed by atoms with van der Waals surface area (Å²) in [4.78, 5) is 2.04. The molecule has 18 heavy (non-hydrogen) atoms. The Morgan fingerprint density at radius 3 is 2.44 bits per heavy atom. The number of hydrogen-bond acceptors (Lipinski definition) is 2. The van der Waals surface area contributed by atoms with Crippen LogP contribution in [0, 0.1) is 0 Å². The van der Waals surface area contributed by atoms with Crippen LogP contribution in [-0.4, -0.2) is 18.5 Å². The fourth-order valence-electron chi connectivity index (χ4n) is 1.64. The van der Waals surface area contributed by atoms with Crippen molar-refractivity contribution in [3.05, 3.63) is 48.4 Å².